The van der Waals surface area contributed by atoms with Gasteiger partial charge >= 0.3 is 0 Å². The summed E-state index contributed by atoms with van der Waals surface area (Å²) in [5.41, 5.74) is 5.97. The lowest BCUT2D eigenvalue weighted by Crippen LogP contribution is -2.43. The Morgan fingerprint density at radius 3 is 2.42 bits per heavy atom. The Morgan fingerprint density at radius 1 is 1.03 bits per heavy atom. The maximum Gasteiger partial charge on any atom is 0.246 e. The van der Waals surface area contributed by atoms with Crippen LogP contribution in [0.3, 0.4) is 0 Å². The van der Waals surface area contributed by atoms with Gasteiger partial charge in [0, 0.05) is 36.4 Å². The first kappa shape index (κ1) is 26.8. The maximum atomic E-state index is 12.2. The second kappa shape index (κ2) is 12.4. The van der Waals surface area contributed by atoms with E-state index in [1.165, 1.54) is 81.3 Å². The number of aliphatic imine (C=N–C) groups is 1. The second-order valence-electron chi connectivity index (χ2n) is 12.2. The van der Waals surface area contributed by atoms with Crippen LogP contribution in [0.15, 0.2) is 65.5 Å². The highest BCUT2D eigenvalue weighted by molar-refractivity contribution is 5.87. The number of benzene rings is 1. The lowest BCUT2D eigenvalue weighted by molar-refractivity contribution is -0.122. The van der Waals surface area contributed by atoms with Crippen LogP contribution in [0.2, 0.25) is 0 Å². The third kappa shape index (κ3) is 6.98. The van der Waals surface area contributed by atoms with Crippen molar-refractivity contribution in [2.45, 2.75) is 95.6 Å². The SMILES string of the molecule is C=C1CCC(Nc2ccc(C3CCC(CC(=C)N4CCC(CCC5C=C(C)C=N5)CC4)CC3)cc2)C(=O)N1. The summed E-state index contributed by atoms with van der Waals surface area (Å²) >= 11 is 0. The zero-order valence-corrected chi connectivity index (χ0v) is 23.3. The summed E-state index contributed by atoms with van der Waals surface area (Å²) in [5.74, 6) is 2.29. The Kier molecular flexibility index (Phi) is 8.71. The van der Waals surface area contributed by atoms with Gasteiger partial charge in [0.1, 0.15) is 6.04 Å². The van der Waals surface area contributed by atoms with Crippen LogP contribution in [0.25, 0.3) is 0 Å². The molecule has 0 spiro atoms. The first-order chi connectivity index (χ1) is 18.4. The van der Waals surface area contributed by atoms with Crippen LogP contribution in [-0.4, -0.2) is 42.2 Å². The molecule has 2 N–H and O–H groups in total. The van der Waals surface area contributed by atoms with Gasteiger partial charge in [0.15, 0.2) is 0 Å². The zero-order chi connectivity index (χ0) is 26.5. The van der Waals surface area contributed by atoms with Crippen molar-refractivity contribution in [3.05, 3.63) is 66.0 Å². The molecular weight excluding hydrogens is 468 g/mol. The number of carbonyl (C=O) groups excluding carboxylic acids is 1. The third-order valence-corrected chi connectivity index (χ3v) is 9.30. The van der Waals surface area contributed by atoms with Gasteiger partial charge in [-0.3, -0.25) is 9.79 Å². The van der Waals surface area contributed by atoms with Gasteiger partial charge in [-0.25, -0.2) is 0 Å². The number of amides is 1. The van der Waals surface area contributed by atoms with Crippen LogP contribution < -0.4 is 10.6 Å². The molecule has 3 fully saturated rings. The van der Waals surface area contributed by atoms with Crippen molar-refractivity contribution in [2.24, 2.45) is 16.8 Å². The minimum absolute atomic E-state index is 0.0249. The monoisotopic (exact) mass is 514 g/mol. The Hall–Kier alpha value is -2.82. The van der Waals surface area contributed by atoms with Crippen molar-refractivity contribution in [1.82, 2.24) is 10.2 Å². The molecule has 5 nitrogen and oxygen atoms in total. The highest BCUT2D eigenvalue weighted by atomic mass is 16.2. The van der Waals surface area contributed by atoms with Crippen LogP contribution in [0.5, 0.6) is 0 Å². The number of anilines is 1. The minimum atomic E-state index is -0.172. The molecular formula is C33H46N4O. The normalized spacial score (nSPS) is 28.2. The van der Waals surface area contributed by atoms with Crippen LogP contribution in [-0.2, 0) is 4.79 Å². The summed E-state index contributed by atoms with van der Waals surface area (Å²) in [6.07, 6.45) is 17.4. The summed E-state index contributed by atoms with van der Waals surface area (Å²) in [6.45, 7) is 12.9. The zero-order valence-electron chi connectivity index (χ0n) is 23.3. The third-order valence-electron chi connectivity index (χ3n) is 9.30. The Labute approximate surface area is 229 Å². The van der Waals surface area contributed by atoms with Gasteiger partial charge in [0.25, 0.3) is 0 Å². The molecule has 3 aliphatic heterocycles. The van der Waals surface area contributed by atoms with Gasteiger partial charge in [-0.2, -0.15) is 0 Å². The summed E-state index contributed by atoms with van der Waals surface area (Å²) in [7, 11) is 0. The smallest absolute Gasteiger partial charge is 0.246 e. The molecule has 2 atom stereocenters. The highest BCUT2D eigenvalue weighted by Crippen LogP contribution is 2.39. The first-order valence-corrected chi connectivity index (χ1v) is 14.9. The van der Waals surface area contributed by atoms with Gasteiger partial charge in [-0.05, 0) is 119 Å². The number of allylic oxidation sites excluding steroid dienone is 3. The fraction of sp³-hybridized carbons (Fsp3) is 0.576. The average molecular weight is 515 g/mol. The van der Waals surface area contributed by atoms with E-state index < -0.39 is 0 Å². The summed E-state index contributed by atoms with van der Waals surface area (Å²) in [4.78, 5) is 19.4. The minimum Gasteiger partial charge on any atom is -0.375 e. The summed E-state index contributed by atoms with van der Waals surface area (Å²) < 4.78 is 0. The Balaban J connectivity index is 1.00. The van der Waals surface area contributed by atoms with Crippen molar-refractivity contribution >= 4 is 17.8 Å². The lowest BCUT2D eigenvalue weighted by Gasteiger charge is -2.37. The van der Waals surface area contributed by atoms with E-state index in [4.69, 9.17) is 0 Å². The van der Waals surface area contributed by atoms with E-state index in [9.17, 15) is 4.79 Å². The molecule has 0 aromatic heterocycles. The van der Waals surface area contributed by atoms with Crippen LogP contribution >= 0.6 is 0 Å². The molecule has 0 radical (unpaired) electrons. The van der Waals surface area contributed by atoms with E-state index in [-0.39, 0.29) is 11.9 Å². The summed E-state index contributed by atoms with van der Waals surface area (Å²) in [5, 5.41) is 6.25. The number of hydrogen-bond acceptors (Lipinski definition) is 4. The molecule has 38 heavy (non-hydrogen) atoms. The molecule has 204 valence electrons. The number of nitrogens with one attached hydrogen (secondary N) is 2. The Morgan fingerprint density at radius 2 is 1.76 bits per heavy atom. The predicted molar refractivity (Wildman–Crippen MR) is 158 cm³/mol. The first-order valence-electron chi connectivity index (χ1n) is 14.9. The molecule has 1 aliphatic carbocycles. The molecule has 1 aromatic rings. The number of piperidine rings is 2. The van der Waals surface area contributed by atoms with Crippen molar-refractivity contribution in [2.75, 3.05) is 18.4 Å². The molecule has 2 unspecified atom stereocenters. The number of rotatable bonds is 9. The number of hydrogen-bond donors (Lipinski definition) is 2. The standard InChI is InChI=1S/C33H46N4O/c1-23-20-31(34-22-23)12-7-26-16-18-37(19-17-26)25(3)21-27-5-8-28(9-6-27)29-10-13-30(14-11-29)36-32-15-4-24(2)35-33(32)38/h10-11,13-14,20,22,26-28,31-32,36H,2-9,12,15-19,21H2,1H3,(H,35,38). The second-order valence-corrected chi connectivity index (χ2v) is 12.2. The molecule has 1 amide bonds. The molecule has 2 saturated heterocycles. The molecule has 1 saturated carbocycles. The van der Waals surface area contributed by atoms with Crippen molar-refractivity contribution < 1.29 is 4.79 Å². The molecule has 5 rings (SSSR count). The molecule has 3 heterocycles. The number of nitrogens with zero attached hydrogens (tertiary/aromatic N) is 2. The Bertz CT molecular complexity index is 1050. The van der Waals surface area contributed by atoms with E-state index in [1.54, 1.807) is 0 Å². The number of carbonyl (C=O) groups is 1. The lowest BCUT2D eigenvalue weighted by atomic mass is 9.77. The van der Waals surface area contributed by atoms with Gasteiger partial charge in [0.2, 0.25) is 5.91 Å². The van der Waals surface area contributed by atoms with Crippen LogP contribution in [0.4, 0.5) is 5.69 Å². The van der Waals surface area contributed by atoms with E-state index in [0.29, 0.717) is 12.0 Å². The van der Waals surface area contributed by atoms with Gasteiger partial charge < -0.3 is 15.5 Å². The van der Waals surface area contributed by atoms with Crippen molar-refractivity contribution in [3.63, 3.8) is 0 Å². The predicted octanol–water partition coefficient (Wildman–Crippen LogP) is 6.96. The average Bonchev–Trinajstić information content (AvgIpc) is 3.35. The van der Waals surface area contributed by atoms with Crippen LogP contribution in [0, 0.1) is 11.8 Å². The van der Waals surface area contributed by atoms with Crippen molar-refractivity contribution in [1.29, 1.82) is 0 Å². The fourth-order valence-electron chi connectivity index (χ4n) is 6.83. The van der Waals surface area contributed by atoms with Crippen LogP contribution in [0.1, 0.15) is 89.0 Å². The molecule has 5 heteroatoms. The van der Waals surface area contributed by atoms with E-state index in [1.807, 2.05) is 6.21 Å². The van der Waals surface area contributed by atoms with Gasteiger partial charge in [-0.15, -0.1) is 0 Å². The summed E-state index contributed by atoms with van der Waals surface area (Å²) in [6, 6.07) is 9.05. The quantitative estimate of drug-likeness (QED) is 0.374. The maximum absolute atomic E-state index is 12.2. The van der Waals surface area contributed by atoms with Gasteiger partial charge in [-0.1, -0.05) is 31.4 Å². The largest absolute Gasteiger partial charge is 0.375 e. The van der Waals surface area contributed by atoms with E-state index >= 15 is 0 Å². The molecule has 0 bridgehead atoms. The van der Waals surface area contributed by atoms with E-state index in [0.717, 1.165) is 42.5 Å². The molecule has 1 aromatic carbocycles. The van der Waals surface area contributed by atoms with Gasteiger partial charge in [0.05, 0.1) is 6.04 Å². The highest BCUT2D eigenvalue weighted by Gasteiger charge is 2.27. The molecule has 4 aliphatic rings. The topological polar surface area (TPSA) is 56.7 Å². The van der Waals surface area contributed by atoms with Crippen molar-refractivity contribution in [3.8, 4) is 0 Å². The van der Waals surface area contributed by atoms with E-state index in [2.05, 4.69) is 70.9 Å². The fourth-order valence-corrected chi connectivity index (χ4v) is 6.83. The number of likely N-dealkylation sites (tertiary alicyclic amines) is 1.